The van der Waals surface area contributed by atoms with Gasteiger partial charge in [-0.1, -0.05) is 6.92 Å². The maximum absolute atomic E-state index is 12.0. The number of amides is 1. The number of nitrogens with one attached hydrogen (secondary N) is 2. The standard InChI is InChI=1S/C17H23N5O.2ClH/c1-12(11-18-2)17(23)19-14-8-6-13(7-9-14)16-21-20-15-5-3-4-10-22(15)16;;/h6-9,12,18H,3-5,10-11H2,1-2H3,(H,19,23);2*1H. The fourth-order valence-electron chi connectivity index (χ4n) is 2.89. The van der Waals surface area contributed by atoms with Crippen LogP contribution >= 0.6 is 24.8 Å². The van der Waals surface area contributed by atoms with Crippen LogP contribution in [0.25, 0.3) is 11.4 Å². The lowest BCUT2D eigenvalue weighted by Gasteiger charge is -2.15. The molecule has 3 rings (SSSR count). The van der Waals surface area contributed by atoms with E-state index in [4.69, 9.17) is 0 Å². The summed E-state index contributed by atoms with van der Waals surface area (Å²) in [6.07, 6.45) is 3.37. The highest BCUT2D eigenvalue weighted by Crippen LogP contribution is 2.24. The molecule has 0 radical (unpaired) electrons. The van der Waals surface area contributed by atoms with Crippen molar-refractivity contribution >= 4 is 36.4 Å². The molecule has 8 heteroatoms. The summed E-state index contributed by atoms with van der Waals surface area (Å²) in [5.41, 5.74) is 1.84. The zero-order valence-electron chi connectivity index (χ0n) is 14.5. The summed E-state index contributed by atoms with van der Waals surface area (Å²) in [6, 6.07) is 7.82. The minimum absolute atomic E-state index is 0. The highest BCUT2D eigenvalue weighted by Gasteiger charge is 2.17. The van der Waals surface area contributed by atoms with E-state index in [0.29, 0.717) is 6.54 Å². The van der Waals surface area contributed by atoms with E-state index in [-0.39, 0.29) is 36.6 Å². The fraction of sp³-hybridized carbons (Fsp3) is 0.471. The zero-order valence-corrected chi connectivity index (χ0v) is 16.1. The molecule has 1 aromatic heterocycles. The van der Waals surface area contributed by atoms with E-state index in [1.165, 1.54) is 12.8 Å². The first-order valence-corrected chi connectivity index (χ1v) is 8.17. The molecule has 0 aliphatic carbocycles. The van der Waals surface area contributed by atoms with Crippen LogP contribution in [0.1, 0.15) is 25.6 Å². The molecule has 0 saturated heterocycles. The Labute approximate surface area is 160 Å². The van der Waals surface area contributed by atoms with Crippen molar-refractivity contribution in [2.75, 3.05) is 18.9 Å². The maximum Gasteiger partial charge on any atom is 0.228 e. The third kappa shape index (κ3) is 4.93. The number of carbonyl (C=O) groups excluding carboxylic acids is 1. The van der Waals surface area contributed by atoms with Crippen molar-refractivity contribution < 1.29 is 4.79 Å². The van der Waals surface area contributed by atoms with E-state index >= 15 is 0 Å². The molecule has 1 aromatic carbocycles. The molecule has 0 fully saturated rings. The quantitative estimate of drug-likeness (QED) is 0.829. The summed E-state index contributed by atoms with van der Waals surface area (Å²) >= 11 is 0. The van der Waals surface area contributed by atoms with Gasteiger partial charge in [-0.05, 0) is 44.2 Å². The number of aryl methyl sites for hydroxylation is 1. The Kier molecular flexibility index (Phi) is 8.35. The van der Waals surface area contributed by atoms with Crippen molar-refractivity contribution in [1.82, 2.24) is 20.1 Å². The topological polar surface area (TPSA) is 71.8 Å². The Morgan fingerprint density at radius 3 is 2.60 bits per heavy atom. The molecule has 0 saturated carbocycles. The van der Waals surface area contributed by atoms with Gasteiger partial charge in [0.05, 0.1) is 0 Å². The van der Waals surface area contributed by atoms with Gasteiger partial charge in [0.2, 0.25) is 5.91 Å². The predicted octanol–water partition coefficient (Wildman–Crippen LogP) is 2.92. The monoisotopic (exact) mass is 385 g/mol. The van der Waals surface area contributed by atoms with Crippen LogP contribution in [0.2, 0.25) is 0 Å². The van der Waals surface area contributed by atoms with E-state index in [1.54, 1.807) is 0 Å². The van der Waals surface area contributed by atoms with Gasteiger partial charge in [0.25, 0.3) is 0 Å². The van der Waals surface area contributed by atoms with Gasteiger partial charge in [0.15, 0.2) is 5.82 Å². The number of fused-ring (bicyclic) bond motifs is 1. The Morgan fingerprint density at radius 2 is 1.92 bits per heavy atom. The van der Waals surface area contributed by atoms with Gasteiger partial charge in [-0.2, -0.15) is 0 Å². The lowest BCUT2D eigenvalue weighted by atomic mass is 10.1. The summed E-state index contributed by atoms with van der Waals surface area (Å²) in [5.74, 6) is 1.95. The van der Waals surface area contributed by atoms with E-state index in [2.05, 4.69) is 25.4 Å². The highest BCUT2D eigenvalue weighted by atomic mass is 35.5. The maximum atomic E-state index is 12.0. The van der Waals surface area contributed by atoms with Crippen LogP contribution in [0.5, 0.6) is 0 Å². The molecule has 25 heavy (non-hydrogen) atoms. The molecule has 1 atom stereocenters. The van der Waals surface area contributed by atoms with Gasteiger partial charge in [-0.25, -0.2) is 0 Å². The lowest BCUT2D eigenvalue weighted by Crippen LogP contribution is -2.28. The number of rotatable bonds is 5. The van der Waals surface area contributed by atoms with Crippen LogP contribution in [-0.4, -0.2) is 34.3 Å². The van der Waals surface area contributed by atoms with Crippen molar-refractivity contribution in [2.24, 2.45) is 5.92 Å². The summed E-state index contributed by atoms with van der Waals surface area (Å²) < 4.78 is 2.20. The third-order valence-electron chi connectivity index (χ3n) is 4.23. The van der Waals surface area contributed by atoms with Crippen LogP contribution in [0.4, 0.5) is 5.69 Å². The Morgan fingerprint density at radius 1 is 1.20 bits per heavy atom. The van der Waals surface area contributed by atoms with E-state index in [0.717, 1.165) is 35.9 Å². The number of benzene rings is 1. The number of aromatic nitrogens is 3. The summed E-state index contributed by atoms with van der Waals surface area (Å²) in [7, 11) is 1.85. The van der Waals surface area contributed by atoms with E-state index in [9.17, 15) is 4.79 Å². The average molecular weight is 386 g/mol. The van der Waals surface area contributed by atoms with Crippen molar-refractivity contribution in [2.45, 2.75) is 32.7 Å². The number of nitrogens with zero attached hydrogens (tertiary/aromatic N) is 3. The zero-order chi connectivity index (χ0) is 16.2. The molecule has 2 aromatic rings. The molecule has 1 amide bonds. The van der Waals surface area contributed by atoms with Crippen molar-refractivity contribution in [3.63, 3.8) is 0 Å². The highest BCUT2D eigenvalue weighted by molar-refractivity contribution is 5.92. The van der Waals surface area contributed by atoms with Gasteiger partial charge in [-0.15, -0.1) is 35.0 Å². The molecule has 1 aliphatic rings. The second kappa shape index (κ2) is 9.75. The molecule has 0 bridgehead atoms. The second-order valence-electron chi connectivity index (χ2n) is 6.07. The first-order chi connectivity index (χ1) is 11.2. The largest absolute Gasteiger partial charge is 0.326 e. The molecule has 138 valence electrons. The number of halogens is 2. The van der Waals surface area contributed by atoms with Gasteiger partial charge in [-0.3, -0.25) is 4.79 Å². The molecule has 2 heterocycles. The van der Waals surface area contributed by atoms with Gasteiger partial charge in [0.1, 0.15) is 5.82 Å². The normalized spacial score (nSPS) is 13.8. The van der Waals surface area contributed by atoms with Crippen LogP contribution in [0.3, 0.4) is 0 Å². The Bertz CT molecular complexity index is 687. The van der Waals surface area contributed by atoms with Crippen LogP contribution < -0.4 is 10.6 Å². The molecule has 1 aliphatic heterocycles. The minimum atomic E-state index is -0.0665. The van der Waals surface area contributed by atoms with E-state index < -0.39 is 0 Å². The Hall–Kier alpha value is -1.63. The Balaban J connectivity index is 0.00000156. The second-order valence-corrected chi connectivity index (χ2v) is 6.07. The van der Waals surface area contributed by atoms with Crippen LogP contribution in [0, 0.1) is 5.92 Å². The predicted molar refractivity (Wildman–Crippen MR) is 105 cm³/mol. The minimum Gasteiger partial charge on any atom is -0.326 e. The van der Waals surface area contributed by atoms with Crippen molar-refractivity contribution in [3.8, 4) is 11.4 Å². The third-order valence-corrected chi connectivity index (χ3v) is 4.23. The van der Waals surface area contributed by atoms with Gasteiger partial charge < -0.3 is 15.2 Å². The fourth-order valence-corrected chi connectivity index (χ4v) is 2.89. The molecule has 2 N–H and O–H groups in total. The SMILES string of the molecule is CNCC(C)C(=O)Nc1ccc(-c2nnc3n2CCCC3)cc1.Cl.Cl. The van der Waals surface area contributed by atoms with Crippen molar-refractivity contribution in [3.05, 3.63) is 30.1 Å². The number of hydrogen-bond donors (Lipinski definition) is 2. The van der Waals surface area contributed by atoms with Crippen LogP contribution in [-0.2, 0) is 17.8 Å². The summed E-state index contributed by atoms with van der Waals surface area (Å²) in [6.45, 7) is 3.55. The average Bonchev–Trinajstić information content (AvgIpc) is 3.00. The smallest absolute Gasteiger partial charge is 0.228 e. The van der Waals surface area contributed by atoms with Crippen molar-refractivity contribution in [1.29, 1.82) is 0 Å². The molecule has 6 nitrogen and oxygen atoms in total. The van der Waals surface area contributed by atoms with Gasteiger partial charge >= 0.3 is 0 Å². The lowest BCUT2D eigenvalue weighted by molar-refractivity contribution is -0.119. The molecular formula is C17H25Cl2N5O. The van der Waals surface area contributed by atoms with Crippen LogP contribution in [0.15, 0.2) is 24.3 Å². The number of hydrogen-bond acceptors (Lipinski definition) is 4. The molecule has 1 unspecified atom stereocenters. The first kappa shape index (κ1) is 21.4. The number of carbonyl (C=O) groups is 1. The molecular weight excluding hydrogens is 361 g/mol. The van der Waals surface area contributed by atoms with Gasteiger partial charge in [0, 0.05) is 36.7 Å². The van der Waals surface area contributed by atoms with E-state index in [1.807, 2.05) is 38.2 Å². The summed E-state index contributed by atoms with van der Waals surface area (Å²) in [4.78, 5) is 12.0. The summed E-state index contributed by atoms with van der Waals surface area (Å²) in [5, 5.41) is 14.6. The molecule has 0 spiro atoms. The number of anilines is 1. The first-order valence-electron chi connectivity index (χ1n) is 8.17.